The smallest absolute Gasteiger partial charge is 0.341 e. The number of anilines is 1. The normalized spacial score (nSPS) is 14.2. The molecule has 0 radical (unpaired) electrons. The van der Waals surface area contributed by atoms with Crippen LogP contribution in [0.1, 0.15) is 49.5 Å². The van der Waals surface area contributed by atoms with E-state index in [1.54, 1.807) is 10.6 Å². The second-order valence-corrected chi connectivity index (χ2v) is 7.05. The minimum Gasteiger partial charge on any atom is -0.477 e. The fraction of sp³-hybridized carbons (Fsp3) is 0.474. The molecule has 0 unspecified atom stereocenters. The Morgan fingerprint density at radius 2 is 2.08 bits per heavy atom. The fourth-order valence-corrected chi connectivity index (χ4v) is 3.01. The highest BCUT2D eigenvalue weighted by molar-refractivity contribution is 5.93. The number of nitrogens with zero attached hydrogens (tertiary/aromatic N) is 1. The number of rotatable bonds is 8. The minimum atomic E-state index is -1.29. The molecule has 1 heterocycles. The molecule has 1 aliphatic rings. The van der Waals surface area contributed by atoms with Gasteiger partial charge in [0.05, 0.1) is 11.2 Å². The lowest BCUT2D eigenvalue weighted by Gasteiger charge is -2.15. The molecule has 3 rings (SSSR count). The van der Waals surface area contributed by atoms with E-state index >= 15 is 0 Å². The Morgan fingerprint density at radius 1 is 1.35 bits per heavy atom. The fourth-order valence-electron chi connectivity index (χ4n) is 3.01. The van der Waals surface area contributed by atoms with Gasteiger partial charge in [0.1, 0.15) is 11.4 Å². The van der Waals surface area contributed by atoms with Crippen LogP contribution in [0, 0.1) is 5.82 Å². The lowest BCUT2D eigenvalue weighted by Crippen LogP contribution is -2.25. The molecule has 0 amide bonds. The molecular weight excluding hydrogens is 337 g/mol. The van der Waals surface area contributed by atoms with Crippen LogP contribution < -0.4 is 16.1 Å². The monoisotopic (exact) mass is 361 g/mol. The number of fused-ring (bicyclic) bond motifs is 1. The summed E-state index contributed by atoms with van der Waals surface area (Å²) in [4.78, 5) is 23.7. The largest absolute Gasteiger partial charge is 0.477 e. The molecule has 6 nitrogen and oxygen atoms in total. The first kappa shape index (κ1) is 18.4. The van der Waals surface area contributed by atoms with E-state index in [2.05, 4.69) is 24.5 Å². The zero-order valence-corrected chi connectivity index (χ0v) is 15.0. The van der Waals surface area contributed by atoms with Gasteiger partial charge in [-0.1, -0.05) is 13.8 Å². The van der Waals surface area contributed by atoms with Crippen molar-refractivity contribution in [1.29, 1.82) is 0 Å². The maximum absolute atomic E-state index is 14.4. The molecule has 2 aromatic rings. The molecule has 3 N–H and O–H groups in total. The number of aromatic carboxylic acids is 1. The standard InChI is InChI=1S/C19H24FN3O3/c1-11(2)21-6-3-7-22-16-9-17-13(8-15(16)20)18(24)14(19(25)26)10-23(17)12-4-5-12/h8-12,21-22H,3-7H2,1-2H3,(H,25,26). The summed E-state index contributed by atoms with van der Waals surface area (Å²) in [6.45, 7) is 5.57. The Balaban J connectivity index is 1.91. The molecule has 1 aromatic carbocycles. The second kappa shape index (κ2) is 7.45. The van der Waals surface area contributed by atoms with E-state index in [9.17, 15) is 19.1 Å². The van der Waals surface area contributed by atoms with Gasteiger partial charge in [-0.15, -0.1) is 0 Å². The average Bonchev–Trinajstić information content (AvgIpc) is 3.40. The van der Waals surface area contributed by atoms with Gasteiger partial charge in [-0.3, -0.25) is 4.79 Å². The Labute approximate surface area is 151 Å². The lowest BCUT2D eigenvalue weighted by molar-refractivity contribution is 0.0695. The van der Waals surface area contributed by atoms with Gasteiger partial charge in [-0.05, 0) is 37.9 Å². The molecule has 1 fully saturated rings. The first-order valence-corrected chi connectivity index (χ1v) is 8.97. The maximum Gasteiger partial charge on any atom is 0.341 e. The summed E-state index contributed by atoms with van der Waals surface area (Å²) in [5.74, 6) is -1.83. The highest BCUT2D eigenvalue weighted by Gasteiger charge is 2.27. The Morgan fingerprint density at radius 3 is 2.69 bits per heavy atom. The molecule has 140 valence electrons. The molecule has 0 saturated heterocycles. The lowest BCUT2D eigenvalue weighted by atomic mass is 10.1. The third-order valence-electron chi connectivity index (χ3n) is 4.51. The number of benzene rings is 1. The van der Waals surface area contributed by atoms with Crippen molar-refractivity contribution in [2.75, 3.05) is 18.4 Å². The van der Waals surface area contributed by atoms with Crippen molar-refractivity contribution in [2.24, 2.45) is 0 Å². The van der Waals surface area contributed by atoms with Gasteiger partial charge in [0, 0.05) is 30.2 Å². The van der Waals surface area contributed by atoms with E-state index in [1.165, 1.54) is 6.20 Å². The number of pyridine rings is 1. The number of carbonyl (C=O) groups is 1. The highest BCUT2D eigenvalue weighted by Crippen LogP contribution is 2.37. The van der Waals surface area contributed by atoms with Crippen molar-refractivity contribution in [3.05, 3.63) is 39.9 Å². The minimum absolute atomic E-state index is 0.112. The summed E-state index contributed by atoms with van der Waals surface area (Å²) in [5, 5.41) is 15.7. The molecule has 0 spiro atoms. The first-order valence-electron chi connectivity index (χ1n) is 8.97. The molecule has 0 atom stereocenters. The third kappa shape index (κ3) is 3.88. The summed E-state index contributed by atoms with van der Waals surface area (Å²) >= 11 is 0. The van der Waals surface area contributed by atoms with Crippen LogP contribution in [0.15, 0.2) is 23.1 Å². The molecular formula is C19H24FN3O3. The number of carboxylic acids is 1. The maximum atomic E-state index is 14.4. The molecule has 0 aliphatic heterocycles. The summed E-state index contributed by atoms with van der Waals surface area (Å²) < 4.78 is 16.2. The van der Waals surface area contributed by atoms with Crippen molar-refractivity contribution in [3.63, 3.8) is 0 Å². The van der Waals surface area contributed by atoms with Gasteiger partial charge in [0.15, 0.2) is 0 Å². The van der Waals surface area contributed by atoms with Gasteiger partial charge in [0.2, 0.25) is 5.43 Å². The van der Waals surface area contributed by atoms with E-state index in [-0.39, 0.29) is 17.0 Å². The average molecular weight is 361 g/mol. The van der Waals surface area contributed by atoms with Crippen LogP contribution >= 0.6 is 0 Å². The van der Waals surface area contributed by atoms with Gasteiger partial charge in [-0.2, -0.15) is 0 Å². The summed E-state index contributed by atoms with van der Waals surface area (Å²) in [7, 11) is 0. The van der Waals surface area contributed by atoms with Crippen molar-refractivity contribution in [1.82, 2.24) is 9.88 Å². The van der Waals surface area contributed by atoms with Crippen LogP contribution in [-0.4, -0.2) is 34.8 Å². The van der Waals surface area contributed by atoms with Crippen LogP contribution in [0.2, 0.25) is 0 Å². The number of hydrogen-bond donors (Lipinski definition) is 3. The van der Waals surface area contributed by atoms with Crippen molar-refractivity contribution in [2.45, 2.75) is 45.2 Å². The first-order chi connectivity index (χ1) is 12.4. The molecule has 1 aliphatic carbocycles. The van der Waals surface area contributed by atoms with Gasteiger partial charge < -0.3 is 20.3 Å². The topological polar surface area (TPSA) is 83.4 Å². The number of nitrogens with one attached hydrogen (secondary N) is 2. The van der Waals surface area contributed by atoms with Crippen molar-refractivity contribution < 1.29 is 14.3 Å². The van der Waals surface area contributed by atoms with Crippen LogP contribution in [0.5, 0.6) is 0 Å². The van der Waals surface area contributed by atoms with Crippen molar-refractivity contribution in [3.8, 4) is 0 Å². The van der Waals surface area contributed by atoms with E-state index in [0.717, 1.165) is 31.9 Å². The Hall–Kier alpha value is -2.41. The van der Waals surface area contributed by atoms with Crippen LogP contribution in [0.25, 0.3) is 10.9 Å². The van der Waals surface area contributed by atoms with Crippen LogP contribution in [-0.2, 0) is 0 Å². The van der Waals surface area contributed by atoms with Gasteiger partial charge in [-0.25, -0.2) is 9.18 Å². The number of aromatic nitrogens is 1. The van der Waals surface area contributed by atoms with E-state index in [1.807, 2.05) is 0 Å². The summed E-state index contributed by atoms with van der Waals surface area (Å²) in [6, 6.07) is 3.34. The molecule has 0 bridgehead atoms. The predicted molar refractivity (Wildman–Crippen MR) is 99.6 cm³/mol. The van der Waals surface area contributed by atoms with Crippen LogP contribution in [0.4, 0.5) is 10.1 Å². The summed E-state index contributed by atoms with van der Waals surface area (Å²) in [6.07, 6.45) is 4.08. The SMILES string of the molecule is CC(C)NCCCNc1cc2c(cc1F)c(=O)c(C(=O)O)cn2C1CC1. The predicted octanol–water partition coefficient (Wildman–Crippen LogP) is 2.97. The second-order valence-electron chi connectivity index (χ2n) is 7.05. The van der Waals surface area contributed by atoms with E-state index < -0.39 is 17.2 Å². The van der Waals surface area contributed by atoms with E-state index in [0.29, 0.717) is 23.8 Å². The Kier molecular flexibility index (Phi) is 5.27. The summed E-state index contributed by atoms with van der Waals surface area (Å²) in [5.41, 5.74) is -0.0501. The van der Waals surface area contributed by atoms with Gasteiger partial charge in [0.25, 0.3) is 0 Å². The molecule has 7 heteroatoms. The number of halogens is 1. The van der Waals surface area contributed by atoms with Gasteiger partial charge >= 0.3 is 5.97 Å². The highest BCUT2D eigenvalue weighted by atomic mass is 19.1. The number of hydrogen-bond acceptors (Lipinski definition) is 4. The van der Waals surface area contributed by atoms with Crippen molar-refractivity contribution >= 4 is 22.6 Å². The Bertz CT molecular complexity index is 888. The third-order valence-corrected chi connectivity index (χ3v) is 4.51. The quantitative estimate of drug-likeness (QED) is 0.630. The molecule has 1 aromatic heterocycles. The van der Waals surface area contributed by atoms with E-state index in [4.69, 9.17) is 0 Å². The molecule has 26 heavy (non-hydrogen) atoms. The zero-order chi connectivity index (χ0) is 18.8. The van der Waals surface area contributed by atoms with Crippen LogP contribution in [0.3, 0.4) is 0 Å². The molecule has 1 saturated carbocycles. The number of carboxylic acid groups (broad SMARTS) is 1. The zero-order valence-electron chi connectivity index (χ0n) is 15.0.